The number of nitrogens with zero attached hydrogens (tertiary/aromatic N) is 2. The molecular formula is C21H34N6O6. The van der Waals surface area contributed by atoms with Crippen LogP contribution in [0.4, 0.5) is 0 Å². The zero-order chi connectivity index (χ0) is 24.7. The van der Waals surface area contributed by atoms with Crippen LogP contribution in [0.25, 0.3) is 0 Å². The maximum atomic E-state index is 13.2. The summed E-state index contributed by atoms with van der Waals surface area (Å²) in [5.41, 5.74) is 6.48. The molecule has 7 N–H and O–H groups in total. The van der Waals surface area contributed by atoms with Gasteiger partial charge in [-0.1, -0.05) is 20.3 Å². The number of aliphatic hydroxyl groups is 1. The monoisotopic (exact) mass is 466 g/mol. The number of nitrogens with two attached hydrogens (primary N) is 1. The number of carboxylic acids is 1. The van der Waals surface area contributed by atoms with Gasteiger partial charge in [0.15, 0.2) is 0 Å². The smallest absolute Gasteiger partial charge is 0.326 e. The summed E-state index contributed by atoms with van der Waals surface area (Å²) in [6.45, 7) is 5.31. The minimum absolute atomic E-state index is 0.00158. The minimum Gasteiger partial charge on any atom is -0.480 e. The largest absolute Gasteiger partial charge is 0.480 e. The molecule has 0 spiro atoms. The first-order valence-electron chi connectivity index (χ1n) is 11.1. The van der Waals surface area contributed by atoms with Crippen molar-refractivity contribution in [2.24, 2.45) is 11.7 Å². The molecule has 12 heteroatoms. The van der Waals surface area contributed by atoms with Crippen LogP contribution in [-0.4, -0.2) is 85.6 Å². The Bertz CT molecular complexity index is 829. The standard InChI is InChI=1S/C21H34N6O6/c1-4-11(2)16(22)19(30)26-17(12(3)28)20(31)27-7-5-6-15(27)18(29)25-14(21(32)33)8-13-9-23-10-24-13/h9-12,14-17,28H,4-8,22H2,1-3H3,(H,23,24)(H,25,29)(H,26,30)(H,32,33). The van der Waals surface area contributed by atoms with Crippen molar-refractivity contribution in [2.45, 2.75) is 76.7 Å². The fraction of sp³-hybridized carbons (Fsp3) is 0.667. The van der Waals surface area contributed by atoms with Crippen molar-refractivity contribution >= 4 is 23.7 Å². The normalized spacial score (nSPS) is 20.4. The van der Waals surface area contributed by atoms with Crippen molar-refractivity contribution in [2.75, 3.05) is 6.54 Å². The number of rotatable bonds is 11. The topological polar surface area (TPSA) is 191 Å². The highest BCUT2D eigenvalue weighted by molar-refractivity contribution is 5.94. The summed E-state index contributed by atoms with van der Waals surface area (Å²) in [6, 6.07) is -4.25. The average Bonchev–Trinajstić information content (AvgIpc) is 3.46. The van der Waals surface area contributed by atoms with Gasteiger partial charge in [0.05, 0.1) is 18.5 Å². The number of carbonyl (C=O) groups excluding carboxylic acids is 3. The van der Waals surface area contributed by atoms with E-state index in [2.05, 4.69) is 20.6 Å². The van der Waals surface area contributed by atoms with Gasteiger partial charge in [-0.15, -0.1) is 0 Å². The third-order valence-corrected chi connectivity index (χ3v) is 6.04. The van der Waals surface area contributed by atoms with Gasteiger partial charge in [-0.2, -0.15) is 0 Å². The van der Waals surface area contributed by atoms with E-state index in [-0.39, 0.29) is 18.9 Å². The molecule has 3 amide bonds. The lowest BCUT2D eigenvalue weighted by Gasteiger charge is -2.31. The molecule has 184 valence electrons. The molecule has 2 rings (SSSR count). The maximum Gasteiger partial charge on any atom is 0.326 e. The Balaban J connectivity index is 2.10. The number of hydrogen-bond acceptors (Lipinski definition) is 7. The first-order chi connectivity index (χ1) is 15.6. The molecule has 1 aromatic heterocycles. The third-order valence-electron chi connectivity index (χ3n) is 6.04. The Morgan fingerprint density at radius 3 is 2.55 bits per heavy atom. The van der Waals surface area contributed by atoms with Crippen LogP contribution in [0.2, 0.25) is 0 Å². The minimum atomic E-state index is -1.28. The lowest BCUT2D eigenvalue weighted by molar-refractivity contribution is -0.146. The number of aromatic nitrogens is 2. The number of carbonyl (C=O) groups is 4. The molecule has 0 aromatic carbocycles. The number of amides is 3. The highest BCUT2D eigenvalue weighted by Gasteiger charge is 2.40. The quantitative estimate of drug-likeness (QED) is 0.233. The third kappa shape index (κ3) is 6.75. The number of aliphatic carboxylic acids is 1. The molecule has 6 unspecified atom stereocenters. The molecule has 12 nitrogen and oxygen atoms in total. The molecule has 1 aliphatic rings. The van der Waals surface area contributed by atoms with Crippen LogP contribution in [0.3, 0.4) is 0 Å². The molecule has 0 saturated carbocycles. The van der Waals surface area contributed by atoms with Crippen LogP contribution in [-0.2, 0) is 25.6 Å². The Kier molecular flexibility index (Phi) is 9.35. The number of H-pyrrole nitrogens is 1. The Hall–Kier alpha value is -2.99. The van der Waals surface area contributed by atoms with Gasteiger partial charge in [0.1, 0.15) is 18.1 Å². The molecular weight excluding hydrogens is 432 g/mol. The summed E-state index contributed by atoms with van der Waals surface area (Å²) < 4.78 is 0. The average molecular weight is 467 g/mol. The Morgan fingerprint density at radius 2 is 2.00 bits per heavy atom. The van der Waals surface area contributed by atoms with Crippen LogP contribution in [0.1, 0.15) is 45.7 Å². The van der Waals surface area contributed by atoms with E-state index >= 15 is 0 Å². The van der Waals surface area contributed by atoms with Crippen LogP contribution >= 0.6 is 0 Å². The van der Waals surface area contributed by atoms with Gasteiger partial charge in [0.2, 0.25) is 17.7 Å². The van der Waals surface area contributed by atoms with Crippen LogP contribution in [0, 0.1) is 5.92 Å². The van der Waals surface area contributed by atoms with Gasteiger partial charge >= 0.3 is 5.97 Å². The molecule has 1 aliphatic heterocycles. The summed E-state index contributed by atoms with van der Waals surface area (Å²) >= 11 is 0. The molecule has 0 radical (unpaired) electrons. The summed E-state index contributed by atoms with van der Waals surface area (Å²) in [4.78, 5) is 58.1. The number of imidazole rings is 1. The predicted molar refractivity (Wildman–Crippen MR) is 118 cm³/mol. The van der Waals surface area contributed by atoms with Gasteiger partial charge in [0.25, 0.3) is 0 Å². The lowest BCUT2D eigenvalue weighted by Crippen LogP contribution is -2.60. The van der Waals surface area contributed by atoms with Crippen LogP contribution in [0.15, 0.2) is 12.5 Å². The van der Waals surface area contributed by atoms with Gasteiger partial charge in [0, 0.05) is 24.9 Å². The second kappa shape index (κ2) is 11.8. The second-order valence-electron chi connectivity index (χ2n) is 8.51. The highest BCUT2D eigenvalue weighted by Crippen LogP contribution is 2.20. The van der Waals surface area contributed by atoms with E-state index in [0.29, 0.717) is 25.0 Å². The molecule has 0 aliphatic carbocycles. The van der Waals surface area contributed by atoms with Crippen molar-refractivity contribution in [1.82, 2.24) is 25.5 Å². The van der Waals surface area contributed by atoms with Gasteiger partial charge in [-0.25, -0.2) is 9.78 Å². The van der Waals surface area contributed by atoms with E-state index in [9.17, 15) is 29.4 Å². The summed E-state index contributed by atoms with van der Waals surface area (Å²) in [6.07, 6.45) is 3.18. The SMILES string of the molecule is CCC(C)C(N)C(=O)NC(C(=O)N1CCCC1C(=O)NC(Cc1cnc[nH]1)C(=O)O)C(C)O. The second-order valence-corrected chi connectivity index (χ2v) is 8.51. The van der Waals surface area contributed by atoms with Crippen molar-refractivity contribution in [3.8, 4) is 0 Å². The molecule has 2 heterocycles. The number of hydrogen-bond donors (Lipinski definition) is 6. The fourth-order valence-electron chi connectivity index (χ4n) is 3.72. The van der Waals surface area contributed by atoms with Crippen molar-refractivity contribution in [3.05, 3.63) is 18.2 Å². The number of carboxylic acid groups (broad SMARTS) is 1. The Labute approximate surface area is 192 Å². The zero-order valence-corrected chi connectivity index (χ0v) is 19.2. The molecule has 0 bridgehead atoms. The molecule has 1 fully saturated rings. The van der Waals surface area contributed by atoms with Crippen LogP contribution in [0.5, 0.6) is 0 Å². The van der Waals surface area contributed by atoms with Gasteiger partial charge in [-0.05, 0) is 25.7 Å². The molecule has 33 heavy (non-hydrogen) atoms. The van der Waals surface area contributed by atoms with E-state index in [1.165, 1.54) is 24.3 Å². The maximum absolute atomic E-state index is 13.2. The van der Waals surface area contributed by atoms with Crippen molar-refractivity contribution in [3.63, 3.8) is 0 Å². The van der Waals surface area contributed by atoms with Crippen molar-refractivity contribution in [1.29, 1.82) is 0 Å². The van der Waals surface area contributed by atoms with Crippen molar-refractivity contribution < 1.29 is 29.4 Å². The predicted octanol–water partition coefficient (Wildman–Crippen LogP) is -1.25. The van der Waals surface area contributed by atoms with E-state index in [1.807, 2.05) is 13.8 Å². The number of aliphatic hydroxyl groups excluding tert-OH is 1. The summed E-state index contributed by atoms with van der Waals surface area (Å²) in [5, 5.41) is 24.7. The Morgan fingerprint density at radius 1 is 1.30 bits per heavy atom. The first kappa shape index (κ1) is 26.3. The summed E-state index contributed by atoms with van der Waals surface area (Å²) in [7, 11) is 0. The van der Waals surface area contributed by atoms with E-state index < -0.39 is 54.0 Å². The molecule has 6 atom stereocenters. The fourth-order valence-corrected chi connectivity index (χ4v) is 3.72. The number of nitrogens with one attached hydrogen (secondary N) is 3. The van der Waals surface area contributed by atoms with E-state index in [1.54, 1.807) is 0 Å². The lowest BCUT2D eigenvalue weighted by atomic mass is 9.98. The molecule has 1 saturated heterocycles. The highest BCUT2D eigenvalue weighted by atomic mass is 16.4. The van der Waals surface area contributed by atoms with Gasteiger partial charge in [-0.3, -0.25) is 14.4 Å². The van der Waals surface area contributed by atoms with Crippen LogP contribution < -0.4 is 16.4 Å². The number of likely N-dealkylation sites (tertiary alicyclic amines) is 1. The number of aromatic amines is 1. The molecule has 1 aromatic rings. The zero-order valence-electron chi connectivity index (χ0n) is 19.2. The van der Waals surface area contributed by atoms with Gasteiger partial charge < -0.3 is 36.5 Å². The van der Waals surface area contributed by atoms with E-state index in [0.717, 1.165) is 0 Å². The van der Waals surface area contributed by atoms with E-state index in [4.69, 9.17) is 5.73 Å². The summed E-state index contributed by atoms with van der Waals surface area (Å²) in [5.74, 6) is -3.13. The first-order valence-corrected chi connectivity index (χ1v) is 11.1.